The number of rotatable bonds is 3. The Morgan fingerprint density at radius 1 is 1.08 bits per heavy atom. The van der Waals surface area contributed by atoms with Crippen LogP contribution in [0.4, 0.5) is 0 Å². The summed E-state index contributed by atoms with van der Waals surface area (Å²) in [5.74, 6) is -0.369. The molecule has 2 aromatic heterocycles. The molecule has 0 radical (unpaired) electrons. The van der Waals surface area contributed by atoms with E-state index < -0.39 is 0 Å². The van der Waals surface area contributed by atoms with E-state index in [0.717, 1.165) is 11.3 Å². The molecule has 0 unspecified atom stereocenters. The van der Waals surface area contributed by atoms with Gasteiger partial charge in [-0.15, -0.1) is 0 Å². The molecule has 0 saturated carbocycles. The van der Waals surface area contributed by atoms with Crippen molar-refractivity contribution in [2.45, 2.75) is 0 Å². The first-order valence-electron chi connectivity index (χ1n) is 7.56. The summed E-state index contributed by atoms with van der Waals surface area (Å²) in [5.41, 5.74) is 2.84. The lowest BCUT2D eigenvalue weighted by atomic mass is 10.1. The second-order valence-corrected chi connectivity index (χ2v) is 5.96. The van der Waals surface area contributed by atoms with Gasteiger partial charge in [-0.05, 0) is 24.3 Å². The van der Waals surface area contributed by atoms with Gasteiger partial charge in [-0.25, -0.2) is 9.50 Å². The largest absolute Gasteiger partial charge is 0.507 e. The summed E-state index contributed by atoms with van der Waals surface area (Å²) in [6, 6.07) is 15.6. The van der Waals surface area contributed by atoms with Crippen molar-refractivity contribution in [1.82, 2.24) is 14.6 Å². The van der Waals surface area contributed by atoms with E-state index in [1.54, 1.807) is 41.0 Å². The first-order chi connectivity index (χ1) is 12.1. The van der Waals surface area contributed by atoms with Gasteiger partial charge in [0, 0.05) is 29.0 Å². The highest BCUT2D eigenvalue weighted by Crippen LogP contribution is 2.23. The smallest absolute Gasteiger partial charge is 0.199 e. The van der Waals surface area contributed by atoms with Crippen LogP contribution < -0.4 is 0 Å². The molecule has 0 fully saturated rings. The first-order valence-corrected chi connectivity index (χ1v) is 7.94. The first kappa shape index (κ1) is 15.4. The summed E-state index contributed by atoms with van der Waals surface area (Å²) >= 11 is 5.91. The van der Waals surface area contributed by atoms with Gasteiger partial charge in [0.2, 0.25) is 0 Å². The molecule has 4 rings (SSSR count). The van der Waals surface area contributed by atoms with Crippen molar-refractivity contribution in [1.29, 1.82) is 0 Å². The molecule has 0 saturated heterocycles. The van der Waals surface area contributed by atoms with E-state index in [1.807, 2.05) is 18.2 Å². The molecule has 0 aliphatic carbocycles. The lowest BCUT2D eigenvalue weighted by Crippen LogP contribution is -2.04. The van der Waals surface area contributed by atoms with Crippen molar-refractivity contribution in [2.75, 3.05) is 0 Å². The molecule has 2 heterocycles. The second kappa shape index (κ2) is 6.03. The molecule has 6 heteroatoms. The van der Waals surface area contributed by atoms with Gasteiger partial charge in [-0.3, -0.25) is 4.79 Å². The summed E-state index contributed by atoms with van der Waals surface area (Å²) in [7, 11) is 0. The summed E-state index contributed by atoms with van der Waals surface area (Å²) < 4.78 is 1.55. The lowest BCUT2D eigenvalue weighted by molar-refractivity contribution is 0.103. The van der Waals surface area contributed by atoms with E-state index in [0.29, 0.717) is 16.2 Å². The molecule has 122 valence electrons. The summed E-state index contributed by atoms with van der Waals surface area (Å²) in [6.45, 7) is 0. The maximum absolute atomic E-state index is 12.6. The van der Waals surface area contributed by atoms with Gasteiger partial charge >= 0.3 is 0 Å². The van der Waals surface area contributed by atoms with E-state index in [9.17, 15) is 9.90 Å². The van der Waals surface area contributed by atoms with Crippen LogP contribution in [-0.4, -0.2) is 25.5 Å². The van der Waals surface area contributed by atoms with E-state index in [1.165, 1.54) is 12.3 Å². The van der Waals surface area contributed by atoms with Crippen LogP contribution in [0.15, 0.2) is 67.0 Å². The van der Waals surface area contributed by atoms with Crippen molar-refractivity contribution >= 4 is 23.0 Å². The third-order valence-electron chi connectivity index (χ3n) is 3.86. The van der Waals surface area contributed by atoms with Crippen LogP contribution in [0, 0.1) is 0 Å². The Labute approximate surface area is 148 Å². The zero-order valence-corrected chi connectivity index (χ0v) is 13.7. The molecule has 1 N–H and O–H groups in total. The van der Waals surface area contributed by atoms with E-state index >= 15 is 0 Å². The summed E-state index contributed by atoms with van der Waals surface area (Å²) in [5, 5.41) is 15.0. The fraction of sp³-hybridized carbons (Fsp3) is 0. The Morgan fingerprint density at radius 2 is 1.84 bits per heavy atom. The standard InChI is InChI=1S/C19H12ClN3O2/c20-14-7-5-12(6-8-14)16-9-18-21-10-13(11-23(18)22-16)19(25)15-3-1-2-4-17(15)24/h1-11,24H. The summed E-state index contributed by atoms with van der Waals surface area (Å²) in [4.78, 5) is 16.9. The Bertz CT molecular complexity index is 1090. The lowest BCUT2D eigenvalue weighted by Gasteiger charge is -2.03. The molecular formula is C19H12ClN3O2. The molecular weight excluding hydrogens is 338 g/mol. The molecule has 2 aromatic carbocycles. The molecule has 0 spiro atoms. The predicted octanol–water partition coefficient (Wildman–Crippen LogP) is 3.99. The number of halogens is 1. The highest BCUT2D eigenvalue weighted by molar-refractivity contribution is 6.30. The Morgan fingerprint density at radius 3 is 2.60 bits per heavy atom. The van der Waals surface area contributed by atoms with Crippen LogP contribution in [0.25, 0.3) is 16.9 Å². The maximum Gasteiger partial charge on any atom is 0.199 e. The minimum atomic E-state index is -0.309. The highest BCUT2D eigenvalue weighted by atomic mass is 35.5. The summed E-state index contributed by atoms with van der Waals surface area (Å²) in [6.07, 6.45) is 3.09. The van der Waals surface area contributed by atoms with Crippen molar-refractivity contribution < 1.29 is 9.90 Å². The molecule has 25 heavy (non-hydrogen) atoms. The normalized spacial score (nSPS) is 10.9. The van der Waals surface area contributed by atoms with Crippen LogP contribution in [0.3, 0.4) is 0 Å². The Balaban J connectivity index is 1.74. The number of benzene rings is 2. The number of carbonyl (C=O) groups is 1. The predicted molar refractivity (Wildman–Crippen MR) is 95.0 cm³/mol. The number of nitrogens with zero attached hydrogens (tertiary/aromatic N) is 3. The number of ketones is 1. The van der Waals surface area contributed by atoms with E-state index in [4.69, 9.17) is 11.6 Å². The zero-order valence-electron chi connectivity index (χ0n) is 12.9. The van der Waals surface area contributed by atoms with Crippen molar-refractivity contribution in [3.8, 4) is 17.0 Å². The van der Waals surface area contributed by atoms with Gasteiger partial charge in [-0.1, -0.05) is 35.9 Å². The van der Waals surface area contributed by atoms with Crippen LogP contribution in [-0.2, 0) is 0 Å². The van der Waals surface area contributed by atoms with Gasteiger partial charge in [0.1, 0.15) is 5.75 Å². The number of hydrogen-bond donors (Lipinski definition) is 1. The van der Waals surface area contributed by atoms with Crippen LogP contribution >= 0.6 is 11.6 Å². The number of phenolic OH excluding ortho intramolecular Hbond substituents is 1. The van der Waals surface area contributed by atoms with Crippen molar-refractivity contribution in [3.63, 3.8) is 0 Å². The maximum atomic E-state index is 12.6. The average molecular weight is 350 g/mol. The second-order valence-electron chi connectivity index (χ2n) is 5.53. The minimum absolute atomic E-state index is 0.0603. The van der Waals surface area contributed by atoms with Crippen LogP contribution in [0.2, 0.25) is 5.02 Å². The fourth-order valence-corrected chi connectivity index (χ4v) is 2.70. The fourth-order valence-electron chi connectivity index (χ4n) is 2.58. The number of fused-ring (bicyclic) bond motifs is 1. The van der Waals surface area contributed by atoms with Crippen molar-refractivity contribution in [3.05, 3.63) is 83.1 Å². The third-order valence-corrected chi connectivity index (χ3v) is 4.12. The Kier molecular flexibility index (Phi) is 3.71. The topological polar surface area (TPSA) is 67.5 Å². The highest BCUT2D eigenvalue weighted by Gasteiger charge is 2.15. The van der Waals surface area contributed by atoms with Gasteiger partial charge in [0.05, 0.1) is 16.8 Å². The van der Waals surface area contributed by atoms with E-state index in [-0.39, 0.29) is 17.1 Å². The molecule has 4 aromatic rings. The average Bonchev–Trinajstić information content (AvgIpc) is 3.05. The van der Waals surface area contributed by atoms with Gasteiger partial charge in [0.15, 0.2) is 11.4 Å². The number of phenols is 1. The molecule has 5 nitrogen and oxygen atoms in total. The number of aromatic hydroxyl groups is 1. The van der Waals surface area contributed by atoms with Crippen LogP contribution in [0.5, 0.6) is 5.75 Å². The number of carbonyl (C=O) groups excluding carboxylic acids is 1. The quantitative estimate of drug-likeness (QED) is 0.568. The van der Waals surface area contributed by atoms with Gasteiger partial charge < -0.3 is 5.11 Å². The monoisotopic (exact) mass is 349 g/mol. The Hall–Kier alpha value is -3.18. The number of hydrogen-bond acceptors (Lipinski definition) is 4. The third kappa shape index (κ3) is 2.86. The van der Waals surface area contributed by atoms with Crippen LogP contribution in [0.1, 0.15) is 15.9 Å². The number of aromatic nitrogens is 3. The molecule has 0 aliphatic rings. The number of para-hydroxylation sites is 1. The minimum Gasteiger partial charge on any atom is -0.507 e. The van der Waals surface area contributed by atoms with E-state index in [2.05, 4.69) is 10.1 Å². The molecule has 0 bridgehead atoms. The van der Waals surface area contributed by atoms with Gasteiger partial charge in [0.25, 0.3) is 0 Å². The molecule has 0 atom stereocenters. The van der Waals surface area contributed by atoms with Crippen molar-refractivity contribution in [2.24, 2.45) is 0 Å². The van der Waals surface area contributed by atoms with Gasteiger partial charge in [-0.2, -0.15) is 5.10 Å². The SMILES string of the molecule is O=C(c1cnc2cc(-c3ccc(Cl)cc3)nn2c1)c1ccccc1O. The molecule has 0 amide bonds. The molecule has 0 aliphatic heterocycles. The zero-order chi connectivity index (χ0) is 17.4.